The number of aliphatic hydroxyl groups is 1. The molecule has 3 heteroatoms. The van der Waals surface area contributed by atoms with E-state index in [1.165, 1.54) is 16.7 Å². The zero-order valence-electron chi connectivity index (χ0n) is 12.9. The highest BCUT2D eigenvalue weighted by Gasteiger charge is 2.26. The number of hydrogen-bond donors (Lipinski definition) is 2. The minimum absolute atomic E-state index is 0.247. The lowest BCUT2D eigenvalue weighted by Gasteiger charge is -2.24. The van der Waals surface area contributed by atoms with E-state index in [9.17, 15) is 5.11 Å². The number of nitrogens with one attached hydrogen (secondary N) is 1. The fourth-order valence-corrected chi connectivity index (χ4v) is 3.53. The molecule has 21 heavy (non-hydrogen) atoms. The summed E-state index contributed by atoms with van der Waals surface area (Å²) in [6.45, 7) is 5.32. The van der Waals surface area contributed by atoms with Crippen LogP contribution in [-0.2, 0) is 0 Å². The lowest BCUT2D eigenvalue weighted by molar-refractivity contribution is 0.244. The van der Waals surface area contributed by atoms with Crippen molar-refractivity contribution in [1.29, 1.82) is 0 Å². The molecule has 3 atom stereocenters. The van der Waals surface area contributed by atoms with Crippen LogP contribution < -0.4 is 10.1 Å². The molecule has 3 nitrogen and oxygen atoms in total. The number of hydrogen-bond acceptors (Lipinski definition) is 3. The van der Waals surface area contributed by atoms with E-state index < -0.39 is 0 Å². The third-order valence-electron chi connectivity index (χ3n) is 4.53. The molecule has 1 aliphatic carbocycles. The molecule has 1 aromatic rings. The van der Waals surface area contributed by atoms with Gasteiger partial charge in [0.05, 0.1) is 6.61 Å². The molecular formula is C18H25NO2. The van der Waals surface area contributed by atoms with E-state index in [1.807, 2.05) is 0 Å². The predicted octanol–water partition coefficient (Wildman–Crippen LogP) is 3.04. The first-order chi connectivity index (χ1) is 10.2. The average molecular weight is 287 g/mol. The van der Waals surface area contributed by atoms with Crippen molar-refractivity contribution >= 4 is 0 Å². The topological polar surface area (TPSA) is 41.5 Å². The van der Waals surface area contributed by atoms with E-state index in [0.29, 0.717) is 18.0 Å². The van der Waals surface area contributed by atoms with Crippen molar-refractivity contribution in [3.63, 3.8) is 0 Å². The Hall–Kier alpha value is -1.32. The van der Waals surface area contributed by atoms with Crippen molar-refractivity contribution in [3.05, 3.63) is 41.0 Å². The van der Waals surface area contributed by atoms with Gasteiger partial charge in [-0.3, -0.25) is 0 Å². The van der Waals surface area contributed by atoms with E-state index in [2.05, 4.69) is 43.4 Å². The first-order valence-electron chi connectivity index (χ1n) is 7.96. The van der Waals surface area contributed by atoms with Gasteiger partial charge in [-0.1, -0.05) is 29.8 Å². The van der Waals surface area contributed by atoms with Crippen LogP contribution in [0, 0.1) is 19.8 Å². The molecule has 114 valence electrons. The number of aryl methyl sites for hydroxylation is 2. The number of benzene rings is 1. The van der Waals surface area contributed by atoms with Gasteiger partial charge in [-0.15, -0.1) is 0 Å². The third-order valence-corrected chi connectivity index (χ3v) is 4.53. The first-order valence-corrected chi connectivity index (χ1v) is 7.96. The Morgan fingerprint density at radius 3 is 2.90 bits per heavy atom. The summed E-state index contributed by atoms with van der Waals surface area (Å²) in [4.78, 5) is 0. The summed E-state index contributed by atoms with van der Waals surface area (Å²) < 4.78 is 5.97. The highest BCUT2D eigenvalue weighted by molar-refractivity contribution is 5.46. The number of fused-ring (bicyclic) bond motifs is 1. The third kappa shape index (κ3) is 3.14. The zero-order valence-corrected chi connectivity index (χ0v) is 12.9. The van der Waals surface area contributed by atoms with Crippen LogP contribution in [0.4, 0.5) is 0 Å². The molecule has 2 N–H and O–H groups in total. The van der Waals surface area contributed by atoms with Crippen molar-refractivity contribution in [2.24, 2.45) is 5.92 Å². The van der Waals surface area contributed by atoms with Gasteiger partial charge in [-0.05, 0) is 38.7 Å². The second kappa shape index (κ2) is 6.20. The molecule has 0 radical (unpaired) electrons. The fraction of sp³-hybridized carbons (Fsp3) is 0.556. The molecule has 2 aliphatic rings. The molecule has 1 aromatic carbocycles. The molecule has 1 aliphatic heterocycles. The van der Waals surface area contributed by atoms with Crippen LogP contribution >= 0.6 is 0 Å². The van der Waals surface area contributed by atoms with Gasteiger partial charge in [-0.25, -0.2) is 0 Å². The van der Waals surface area contributed by atoms with E-state index in [1.54, 1.807) is 0 Å². The Morgan fingerprint density at radius 1 is 1.29 bits per heavy atom. The van der Waals surface area contributed by atoms with E-state index in [0.717, 1.165) is 31.6 Å². The Morgan fingerprint density at radius 2 is 2.14 bits per heavy atom. The van der Waals surface area contributed by atoms with Gasteiger partial charge < -0.3 is 15.2 Å². The number of ether oxygens (including phenoxy) is 1. The fourth-order valence-electron chi connectivity index (χ4n) is 3.53. The largest absolute Gasteiger partial charge is 0.493 e. The Kier molecular flexibility index (Phi) is 4.32. The van der Waals surface area contributed by atoms with Gasteiger partial charge in [0.2, 0.25) is 0 Å². The summed E-state index contributed by atoms with van der Waals surface area (Å²) in [7, 11) is 0. The summed E-state index contributed by atoms with van der Waals surface area (Å²) in [5, 5.41) is 13.0. The van der Waals surface area contributed by atoms with Crippen LogP contribution in [0.1, 0.15) is 42.0 Å². The van der Waals surface area contributed by atoms with Crippen LogP contribution in [0.5, 0.6) is 5.75 Å². The molecule has 0 fully saturated rings. The molecule has 0 unspecified atom stereocenters. The summed E-state index contributed by atoms with van der Waals surface area (Å²) in [5.74, 6) is 1.37. The quantitative estimate of drug-likeness (QED) is 0.840. The molecule has 0 bridgehead atoms. The number of aliphatic hydroxyl groups excluding tert-OH is 1. The second-order valence-corrected chi connectivity index (χ2v) is 6.38. The van der Waals surface area contributed by atoms with Gasteiger partial charge in [0, 0.05) is 30.2 Å². The second-order valence-electron chi connectivity index (χ2n) is 6.38. The van der Waals surface area contributed by atoms with E-state index >= 15 is 0 Å². The molecular weight excluding hydrogens is 262 g/mol. The van der Waals surface area contributed by atoms with Crippen molar-refractivity contribution in [1.82, 2.24) is 5.32 Å². The first kappa shape index (κ1) is 14.6. The lowest BCUT2D eigenvalue weighted by Crippen LogP contribution is -2.31. The van der Waals surface area contributed by atoms with Gasteiger partial charge in [0.25, 0.3) is 0 Å². The monoisotopic (exact) mass is 287 g/mol. The molecule has 0 spiro atoms. The predicted molar refractivity (Wildman–Crippen MR) is 84.6 cm³/mol. The van der Waals surface area contributed by atoms with Crippen LogP contribution in [0.3, 0.4) is 0 Å². The molecule has 1 heterocycles. The van der Waals surface area contributed by atoms with Gasteiger partial charge in [0.1, 0.15) is 5.75 Å². The SMILES string of the molecule is Cc1cc(C)c2c(c1)[C@H](N[C@@H]1C=C[C@H](CO)C1)CCCO2. The standard InChI is InChI=1S/C18H25NO2/c1-12-8-13(2)18-16(9-12)17(4-3-7-21-18)19-15-6-5-14(10-15)11-20/h5-6,8-9,14-15,17,19-20H,3-4,7,10-11H2,1-2H3/t14-,15+,17+/m0/s1. The van der Waals surface area contributed by atoms with Crippen LogP contribution in [-0.4, -0.2) is 24.4 Å². The highest BCUT2D eigenvalue weighted by atomic mass is 16.5. The molecule has 0 saturated heterocycles. The molecule has 0 saturated carbocycles. The van der Waals surface area contributed by atoms with E-state index in [4.69, 9.17) is 4.74 Å². The Labute approximate surface area is 127 Å². The van der Waals surface area contributed by atoms with E-state index in [-0.39, 0.29) is 6.61 Å². The van der Waals surface area contributed by atoms with Gasteiger partial charge >= 0.3 is 0 Å². The van der Waals surface area contributed by atoms with Crippen LogP contribution in [0.25, 0.3) is 0 Å². The molecule has 0 amide bonds. The Balaban J connectivity index is 1.82. The molecule has 3 rings (SSSR count). The maximum atomic E-state index is 9.27. The Bertz CT molecular complexity index is 538. The van der Waals surface area contributed by atoms with Crippen LogP contribution in [0.2, 0.25) is 0 Å². The van der Waals surface area contributed by atoms with Crippen molar-refractivity contribution in [3.8, 4) is 5.75 Å². The molecule has 0 aromatic heterocycles. The summed E-state index contributed by atoms with van der Waals surface area (Å²) >= 11 is 0. The minimum Gasteiger partial charge on any atom is -0.493 e. The normalized spacial score (nSPS) is 28.0. The lowest BCUT2D eigenvalue weighted by atomic mass is 9.96. The zero-order chi connectivity index (χ0) is 14.8. The summed E-state index contributed by atoms with van der Waals surface area (Å²) in [6.07, 6.45) is 7.50. The maximum absolute atomic E-state index is 9.27. The van der Waals surface area contributed by atoms with Crippen LogP contribution in [0.15, 0.2) is 24.3 Å². The summed E-state index contributed by atoms with van der Waals surface area (Å²) in [5.41, 5.74) is 3.82. The van der Waals surface area contributed by atoms with Gasteiger partial charge in [0.15, 0.2) is 0 Å². The summed E-state index contributed by atoms with van der Waals surface area (Å²) in [6, 6.07) is 5.15. The van der Waals surface area contributed by atoms with Gasteiger partial charge in [-0.2, -0.15) is 0 Å². The maximum Gasteiger partial charge on any atom is 0.126 e. The number of rotatable bonds is 3. The smallest absolute Gasteiger partial charge is 0.126 e. The average Bonchev–Trinajstić information content (AvgIpc) is 2.81. The van der Waals surface area contributed by atoms with Crippen molar-refractivity contribution in [2.45, 2.75) is 45.2 Å². The highest BCUT2D eigenvalue weighted by Crippen LogP contribution is 2.36. The minimum atomic E-state index is 0.247. The van der Waals surface area contributed by atoms with Crippen molar-refractivity contribution < 1.29 is 9.84 Å². The van der Waals surface area contributed by atoms with Crippen molar-refractivity contribution in [2.75, 3.05) is 13.2 Å².